The number of hydrogen-bond donors (Lipinski definition) is 0. The number of aromatic nitrogens is 2. The van der Waals surface area contributed by atoms with Gasteiger partial charge in [0.05, 0.1) is 13.7 Å². The summed E-state index contributed by atoms with van der Waals surface area (Å²) < 4.78 is 6.01. The largest absolute Gasteiger partial charge is 0.501 e. The zero-order valence-electron chi connectivity index (χ0n) is 24.7. The van der Waals surface area contributed by atoms with Crippen LogP contribution in [0.3, 0.4) is 0 Å². The van der Waals surface area contributed by atoms with Crippen molar-refractivity contribution in [2.24, 2.45) is 0 Å². The normalized spacial score (nSPS) is 11.1. The zero-order chi connectivity index (χ0) is 29.1. The number of furan rings is 1. The van der Waals surface area contributed by atoms with E-state index in [2.05, 4.69) is 109 Å². The molecule has 3 nitrogen and oxygen atoms in total. The van der Waals surface area contributed by atoms with Gasteiger partial charge in [-0.2, -0.15) is 0 Å². The van der Waals surface area contributed by atoms with Crippen molar-refractivity contribution >= 4 is 35.2 Å². The monoisotopic (exact) mass is 753 g/mol. The number of fused-ring (bicyclic) bond motifs is 3. The Hall–Kier alpha value is -4.15. The maximum atomic E-state index is 6.01. The van der Waals surface area contributed by atoms with Crippen LogP contribution in [-0.2, 0) is 20.1 Å². The average molecular weight is 753 g/mol. The molecule has 0 saturated heterocycles. The fraction of sp³-hybridized carbons (Fsp3) is 0.105. The van der Waals surface area contributed by atoms with E-state index in [0.717, 1.165) is 44.5 Å². The first-order chi connectivity index (χ1) is 20.4. The predicted octanol–water partition coefficient (Wildman–Crippen LogP) is 9.52. The molecule has 43 heavy (non-hydrogen) atoms. The molecule has 5 heteroatoms. The third-order valence-corrected chi connectivity index (χ3v) is 9.36. The van der Waals surface area contributed by atoms with Crippen LogP contribution in [0.5, 0.6) is 0 Å². The van der Waals surface area contributed by atoms with Crippen LogP contribution in [0.2, 0.25) is 19.6 Å². The van der Waals surface area contributed by atoms with Gasteiger partial charge in [0.25, 0.3) is 0 Å². The first-order valence-corrected chi connectivity index (χ1v) is 17.7. The van der Waals surface area contributed by atoms with Crippen molar-refractivity contribution in [2.75, 3.05) is 0 Å². The Kier molecular flexibility index (Phi) is 9.17. The van der Waals surface area contributed by atoms with E-state index in [0.29, 0.717) is 0 Å². The van der Waals surface area contributed by atoms with Crippen molar-refractivity contribution in [3.05, 3.63) is 139 Å². The molecule has 3 heterocycles. The van der Waals surface area contributed by atoms with Gasteiger partial charge in [0, 0.05) is 37.9 Å². The molecule has 0 bridgehead atoms. The van der Waals surface area contributed by atoms with Gasteiger partial charge in [-0.3, -0.25) is 0 Å². The summed E-state index contributed by atoms with van der Waals surface area (Å²) in [5.41, 5.74) is 9.24. The van der Waals surface area contributed by atoms with Crippen molar-refractivity contribution in [1.29, 1.82) is 0 Å². The molecule has 7 aromatic rings. The standard InChI is InChI=1S/C20H20NSi.C18H12NO.Ir/c1-22(2,3)19-12-13-21-20(15-19)18-11-7-10-17(14-18)16-8-5-4-6-9-16;1-12-9-10-19-16(11-12)15-7-4-6-14-13-5-2-3-8-17(13)20-18(14)15;/h4-10,12-15H,1-3H3;2-6,8-11H,1H3;/q2*-1;. The van der Waals surface area contributed by atoms with Gasteiger partial charge in [-0.15, -0.1) is 53.6 Å². The number of rotatable bonds is 4. The van der Waals surface area contributed by atoms with Gasteiger partial charge in [-0.1, -0.05) is 102 Å². The Morgan fingerprint density at radius 3 is 2.16 bits per heavy atom. The minimum Gasteiger partial charge on any atom is -0.501 e. The third kappa shape index (κ3) is 6.76. The van der Waals surface area contributed by atoms with E-state index in [4.69, 9.17) is 4.42 Å². The van der Waals surface area contributed by atoms with Crippen molar-refractivity contribution in [2.45, 2.75) is 26.6 Å². The van der Waals surface area contributed by atoms with E-state index in [1.807, 2.05) is 60.9 Å². The molecule has 0 fully saturated rings. The summed E-state index contributed by atoms with van der Waals surface area (Å²) >= 11 is 0. The quantitative estimate of drug-likeness (QED) is 0.133. The molecule has 1 radical (unpaired) electrons. The summed E-state index contributed by atoms with van der Waals surface area (Å²) in [5, 5.41) is 3.67. The Morgan fingerprint density at radius 2 is 1.37 bits per heavy atom. The average Bonchev–Trinajstić information content (AvgIpc) is 3.41. The van der Waals surface area contributed by atoms with Crippen molar-refractivity contribution in [3.63, 3.8) is 0 Å². The van der Waals surface area contributed by atoms with Crippen LogP contribution in [0.15, 0.2) is 126 Å². The molecule has 7 rings (SSSR count). The van der Waals surface area contributed by atoms with Crippen LogP contribution in [-0.4, -0.2) is 18.0 Å². The molecule has 0 N–H and O–H groups in total. The molecule has 4 aromatic carbocycles. The molecule has 0 amide bonds. The summed E-state index contributed by atoms with van der Waals surface area (Å²) in [6, 6.07) is 43.7. The summed E-state index contributed by atoms with van der Waals surface area (Å²) in [4.78, 5) is 8.99. The molecule has 215 valence electrons. The molecule has 0 aliphatic rings. The molecule has 0 saturated carbocycles. The van der Waals surface area contributed by atoms with Gasteiger partial charge in [0.1, 0.15) is 5.58 Å². The summed E-state index contributed by atoms with van der Waals surface area (Å²) in [7, 11) is -1.33. The van der Waals surface area contributed by atoms with Gasteiger partial charge < -0.3 is 14.4 Å². The Balaban J connectivity index is 0.000000168. The number of nitrogens with zero attached hydrogens (tertiary/aromatic N) is 2. The van der Waals surface area contributed by atoms with E-state index in [-0.39, 0.29) is 20.1 Å². The fourth-order valence-electron chi connectivity index (χ4n) is 5.02. The van der Waals surface area contributed by atoms with E-state index in [9.17, 15) is 0 Å². The number of para-hydroxylation sites is 1. The van der Waals surface area contributed by atoms with E-state index < -0.39 is 8.07 Å². The molecule has 0 unspecified atom stereocenters. The van der Waals surface area contributed by atoms with Crippen LogP contribution in [0.1, 0.15) is 5.56 Å². The zero-order valence-corrected chi connectivity index (χ0v) is 28.1. The Labute approximate surface area is 268 Å². The maximum Gasteiger partial charge on any atom is 0.120 e. The van der Waals surface area contributed by atoms with Crippen molar-refractivity contribution in [1.82, 2.24) is 9.97 Å². The van der Waals surface area contributed by atoms with E-state index in [1.54, 1.807) is 0 Å². The fourth-order valence-corrected chi connectivity index (χ4v) is 6.17. The predicted molar refractivity (Wildman–Crippen MR) is 177 cm³/mol. The molecule has 0 aliphatic carbocycles. The SMILES string of the molecule is C[Si](C)(C)c1ccnc(-c2[c-]ccc(-c3ccccc3)c2)c1.Cc1ccnc(-c2[c-]ccc3c2oc2ccccc23)c1.[Ir]. The number of hydrogen-bond acceptors (Lipinski definition) is 3. The first-order valence-electron chi connectivity index (χ1n) is 14.2. The third-order valence-electron chi connectivity index (χ3n) is 7.32. The number of aryl methyl sites for hydroxylation is 1. The topological polar surface area (TPSA) is 38.9 Å². The molecule has 0 spiro atoms. The van der Waals surface area contributed by atoms with Crippen LogP contribution in [0, 0.1) is 19.1 Å². The summed E-state index contributed by atoms with van der Waals surface area (Å²) in [5.74, 6) is 0. The second-order valence-electron chi connectivity index (χ2n) is 11.4. The smallest absolute Gasteiger partial charge is 0.120 e. The molecule has 0 atom stereocenters. The minimum atomic E-state index is -1.33. The Bertz CT molecular complexity index is 1990. The van der Waals surface area contributed by atoms with Gasteiger partial charge >= 0.3 is 0 Å². The van der Waals surface area contributed by atoms with Gasteiger partial charge in [0.15, 0.2) is 0 Å². The second kappa shape index (κ2) is 13.0. The first kappa shape index (κ1) is 30.3. The molecular weight excluding hydrogens is 721 g/mol. The number of benzene rings is 4. The van der Waals surface area contributed by atoms with Crippen molar-refractivity contribution < 1.29 is 24.5 Å². The van der Waals surface area contributed by atoms with Crippen LogP contribution in [0.25, 0.3) is 55.6 Å². The molecular formula is C38H32IrN2OSi-2. The van der Waals surface area contributed by atoms with Crippen molar-refractivity contribution in [3.8, 4) is 33.6 Å². The Morgan fingerprint density at radius 1 is 0.651 bits per heavy atom. The summed E-state index contributed by atoms with van der Waals surface area (Å²) in [6.45, 7) is 9.13. The summed E-state index contributed by atoms with van der Waals surface area (Å²) in [6.07, 6.45) is 3.74. The van der Waals surface area contributed by atoms with Gasteiger partial charge in [0.2, 0.25) is 0 Å². The van der Waals surface area contributed by atoms with Crippen LogP contribution in [0.4, 0.5) is 0 Å². The van der Waals surface area contributed by atoms with Gasteiger partial charge in [-0.05, 0) is 42.1 Å². The number of pyridine rings is 2. The second-order valence-corrected chi connectivity index (χ2v) is 16.5. The maximum absolute atomic E-state index is 6.01. The van der Waals surface area contributed by atoms with Crippen LogP contribution >= 0.6 is 0 Å². The van der Waals surface area contributed by atoms with E-state index >= 15 is 0 Å². The van der Waals surface area contributed by atoms with Crippen LogP contribution < -0.4 is 5.19 Å². The molecule has 0 aliphatic heterocycles. The minimum absolute atomic E-state index is 0. The van der Waals surface area contributed by atoms with E-state index in [1.165, 1.54) is 21.9 Å². The van der Waals surface area contributed by atoms with Gasteiger partial charge in [-0.25, -0.2) is 0 Å². The molecule has 3 aromatic heterocycles.